The summed E-state index contributed by atoms with van der Waals surface area (Å²) in [4.78, 5) is 0. The molecule has 0 fully saturated rings. The number of halogens is 1. The van der Waals surface area contributed by atoms with Gasteiger partial charge in [-0.1, -0.05) is 27.2 Å². The van der Waals surface area contributed by atoms with Gasteiger partial charge in [0, 0.05) is 27.8 Å². The van der Waals surface area contributed by atoms with Crippen molar-refractivity contribution in [3.63, 3.8) is 0 Å². The molecule has 15 heavy (non-hydrogen) atoms. The van der Waals surface area contributed by atoms with Crippen LogP contribution in [0.4, 0.5) is 0 Å². The first-order chi connectivity index (χ1) is 7.29. The quantitative estimate of drug-likeness (QED) is 0.692. The van der Waals surface area contributed by atoms with Crippen LogP contribution in [0.25, 0.3) is 11.3 Å². The third kappa shape index (κ3) is 1.35. The molecule has 2 aromatic rings. The lowest BCUT2D eigenvalue weighted by Crippen LogP contribution is -1.86. The number of nitrogens with zero attached hydrogens (tertiary/aromatic N) is 1. The number of thiol groups is 1. The average molecular weight is 282 g/mol. The van der Waals surface area contributed by atoms with Gasteiger partial charge in [0.25, 0.3) is 0 Å². The van der Waals surface area contributed by atoms with E-state index in [9.17, 15) is 0 Å². The zero-order valence-corrected chi connectivity index (χ0v) is 10.3. The lowest BCUT2D eigenvalue weighted by atomic mass is 10.1. The number of fused-ring (bicyclic) bond motifs is 3. The molecule has 0 amide bonds. The highest BCUT2D eigenvalue weighted by Crippen LogP contribution is 2.39. The molecule has 0 N–H and O–H groups in total. The number of aromatic nitrogens is 1. The Morgan fingerprint density at radius 2 is 2.33 bits per heavy atom. The van der Waals surface area contributed by atoms with Crippen LogP contribution in [0, 0.1) is 0 Å². The summed E-state index contributed by atoms with van der Waals surface area (Å²) in [6.07, 6.45) is 0.914. The number of benzene rings is 1. The Hall–Kier alpha value is -0.740. The Kier molecular flexibility index (Phi) is 2.14. The molecule has 1 heterocycles. The summed E-state index contributed by atoms with van der Waals surface area (Å²) >= 11 is 7.71. The highest BCUT2D eigenvalue weighted by atomic mass is 79.9. The van der Waals surface area contributed by atoms with Crippen LogP contribution in [0.1, 0.15) is 16.8 Å². The molecule has 76 valence electrons. The van der Waals surface area contributed by atoms with Crippen molar-refractivity contribution in [1.82, 2.24) is 5.16 Å². The fourth-order valence-corrected chi connectivity index (χ4v) is 2.57. The first-order valence-electron chi connectivity index (χ1n) is 4.66. The SMILES string of the molecule is SCc1noc2c1Cc1ccc(Br)cc1-2. The summed E-state index contributed by atoms with van der Waals surface area (Å²) in [6.45, 7) is 0. The van der Waals surface area contributed by atoms with E-state index in [0.717, 1.165) is 27.9 Å². The van der Waals surface area contributed by atoms with Gasteiger partial charge in [0.05, 0.1) is 5.69 Å². The minimum atomic E-state index is 0.633. The average Bonchev–Trinajstić information content (AvgIpc) is 2.76. The predicted molar refractivity (Wildman–Crippen MR) is 65.1 cm³/mol. The summed E-state index contributed by atoms with van der Waals surface area (Å²) in [5, 5.41) is 4.02. The molecule has 4 heteroatoms. The van der Waals surface area contributed by atoms with E-state index < -0.39 is 0 Å². The Bertz CT molecular complexity index is 535. The van der Waals surface area contributed by atoms with E-state index in [1.807, 2.05) is 0 Å². The van der Waals surface area contributed by atoms with E-state index in [1.165, 1.54) is 11.1 Å². The third-order valence-electron chi connectivity index (χ3n) is 2.70. The third-order valence-corrected chi connectivity index (χ3v) is 3.50. The van der Waals surface area contributed by atoms with Crippen molar-refractivity contribution in [2.45, 2.75) is 12.2 Å². The molecule has 0 bridgehead atoms. The van der Waals surface area contributed by atoms with Gasteiger partial charge in [-0.15, -0.1) is 0 Å². The highest BCUT2D eigenvalue weighted by Gasteiger charge is 2.26. The van der Waals surface area contributed by atoms with E-state index in [2.05, 4.69) is 51.9 Å². The second-order valence-corrected chi connectivity index (χ2v) is 4.81. The van der Waals surface area contributed by atoms with Gasteiger partial charge in [-0.3, -0.25) is 0 Å². The molecule has 0 saturated carbocycles. The minimum Gasteiger partial charge on any atom is -0.356 e. The molecule has 1 aromatic heterocycles. The van der Waals surface area contributed by atoms with Crippen molar-refractivity contribution >= 4 is 28.6 Å². The van der Waals surface area contributed by atoms with Crippen molar-refractivity contribution < 1.29 is 4.52 Å². The largest absolute Gasteiger partial charge is 0.356 e. The van der Waals surface area contributed by atoms with Crippen LogP contribution in [0.5, 0.6) is 0 Å². The molecule has 0 spiro atoms. The van der Waals surface area contributed by atoms with Gasteiger partial charge < -0.3 is 4.52 Å². The lowest BCUT2D eigenvalue weighted by Gasteiger charge is -1.98. The summed E-state index contributed by atoms with van der Waals surface area (Å²) in [7, 11) is 0. The maximum atomic E-state index is 5.36. The van der Waals surface area contributed by atoms with Gasteiger partial charge in [-0.25, -0.2) is 0 Å². The molecular formula is C11H8BrNOS. The van der Waals surface area contributed by atoms with Crippen LogP contribution in [-0.2, 0) is 12.2 Å². The monoisotopic (exact) mass is 281 g/mol. The van der Waals surface area contributed by atoms with Crippen molar-refractivity contribution in [2.24, 2.45) is 0 Å². The first-order valence-corrected chi connectivity index (χ1v) is 6.09. The highest BCUT2D eigenvalue weighted by molar-refractivity contribution is 9.10. The lowest BCUT2D eigenvalue weighted by molar-refractivity contribution is 0.426. The van der Waals surface area contributed by atoms with Crippen LogP contribution in [0.3, 0.4) is 0 Å². The number of hydrogen-bond acceptors (Lipinski definition) is 3. The van der Waals surface area contributed by atoms with Gasteiger partial charge in [0.1, 0.15) is 0 Å². The van der Waals surface area contributed by atoms with E-state index >= 15 is 0 Å². The van der Waals surface area contributed by atoms with Gasteiger partial charge in [-0.2, -0.15) is 12.6 Å². The molecule has 2 nitrogen and oxygen atoms in total. The first kappa shape index (κ1) is 9.48. The second-order valence-electron chi connectivity index (χ2n) is 3.57. The molecule has 1 aromatic carbocycles. The maximum Gasteiger partial charge on any atom is 0.171 e. The fraction of sp³-hybridized carbons (Fsp3) is 0.182. The van der Waals surface area contributed by atoms with Crippen molar-refractivity contribution in [3.05, 3.63) is 39.5 Å². The van der Waals surface area contributed by atoms with Crippen LogP contribution in [-0.4, -0.2) is 5.16 Å². The number of rotatable bonds is 1. The van der Waals surface area contributed by atoms with Gasteiger partial charge >= 0.3 is 0 Å². The van der Waals surface area contributed by atoms with Crippen molar-refractivity contribution in [1.29, 1.82) is 0 Å². The summed E-state index contributed by atoms with van der Waals surface area (Å²) < 4.78 is 6.43. The summed E-state index contributed by atoms with van der Waals surface area (Å²) in [5.41, 5.74) is 4.61. The molecule has 0 aliphatic heterocycles. The fourth-order valence-electron chi connectivity index (χ4n) is 1.96. The minimum absolute atomic E-state index is 0.633. The van der Waals surface area contributed by atoms with Gasteiger partial charge in [-0.05, 0) is 17.7 Å². The van der Waals surface area contributed by atoms with E-state index in [4.69, 9.17) is 4.52 Å². The molecule has 0 radical (unpaired) electrons. The molecule has 1 aliphatic rings. The zero-order valence-electron chi connectivity index (χ0n) is 7.83. The van der Waals surface area contributed by atoms with E-state index in [1.54, 1.807) is 0 Å². The van der Waals surface area contributed by atoms with Crippen LogP contribution < -0.4 is 0 Å². The molecule has 0 saturated heterocycles. The predicted octanol–water partition coefficient (Wildman–Crippen LogP) is 3.44. The standard InChI is InChI=1S/C11H8BrNOS/c12-7-2-1-6-3-9-10(5-15)13-14-11(9)8(6)4-7/h1-2,4,15H,3,5H2. The Balaban J connectivity index is 2.22. The topological polar surface area (TPSA) is 26.0 Å². The molecular weight excluding hydrogens is 274 g/mol. The normalized spacial score (nSPS) is 12.7. The Morgan fingerprint density at radius 1 is 1.47 bits per heavy atom. The van der Waals surface area contributed by atoms with Crippen LogP contribution in [0.2, 0.25) is 0 Å². The Morgan fingerprint density at radius 3 is 3.13 bits per heavy atom. The van der Waals surface area contributed by atoms with Crippen LogP contribution >= 0.6 is 28.6 Å². The van der Waals surface area contributed by atoms with Crippen LogP contribution in [0.15, 0.2) is 27.2 Å². The summed E-state index contributed by atoms with van der Waals surface area (Å²) in [6, 6.07) is 6.25. The van der Waals surface area contributed by atoms with Gasteiger partial charge in [0.15, 0.2) is 5.76 Å². The van der Waals surface area contributed by atoms with Crippen molar-refractivity contribution in [3.8, 4) is 11.3 Å². The maximum absolute atomic E-state index is 5.36. The molecule has 3 rings (SSSR count). The summed E-state index contributed by atoms with van der Waals surface area (Å²) in [5.74, 6) is 1.55. The zero-order chi connectivity index (χ0) is 10.4. The van der Waals surface area contributed by atoms with E-state index in [0.29, 0.717) is 5.75 Å². The number of hydrogen-bond donors (Lipinski definition) is 1. The Labute approximate surface area is 101 Å². The second kappa shape index (κ2) is 3.39. The van der Waals surface area contributed by atoms with Gasteiger partial charge in [0.2, 0.25) is 0 Å². The molecule has 0 unspecified atom stereocenters. The smallest absolute Gasteiger partial charge is 0.171 e. The molecule has 1 aliphatic carbocycles. The molecule has 0 atom stereocenters. The van der Waals surface area contributed by atoms with E-state index in [-0.39, 0.29) is 0 Å². The van der Waals surface area contributed by atoms with Crippen molar-refractivity contribution in [2.75, 3.05) is 0 Å².